The lowest BCUT2D eigenvalue weighted by molar-refractivity contribution is 0.190. The van der Waals surface area contributed by atoms with Crippen LogP contribution >= 0.6 is 0 Å². The topological polar surface area (TPSA) is 39.1 Å². The maximum Gasteiger partial charge on any atom is 0.203 e. The van der Waals surface area contributed by atoms with Crippen LogP contribution in [-0.4, -0.2) is 29.3 Å². The minimum atomic E-state index is 0.236. The molecule has 0 aliphatic rings. The van der Waals surface area contributed by atoms with E-state index in [1.807, 2.05) is 12.4 Å². The Morgan fingerprint density at radius 2 is 1.90 bits per heavy atom. The second kappa shape index (κ2) is 7.27. The Balaban J connectivity index is 2.04. The summed E-state index contributed by atoms with van der Waals surface area (Å²) in [6.45, 7) is 7.99. The lowest BCUT2D eigenvalue weighted by Gasteiger charge is -2.15. The van der Waals surface area contributed by atoms with Gasteiger partial charge in [-0.15, -0.1) is 0 Å². The Kier molecular flexibility index (Phi) is 5.39. The average Bonchev–Trinajstić information content (AvgIpc) is 2.87. The van der Waals surface area contributed by atoms with Gasteiger partial charge in [-0.1, -0.05) is 38.1 Å². The molecule has 2 rings (SSSR count). The molecule has 1 unspecified atom stereocenters. The number of aromatic nitrogens is 2. The Bertz CT molecular complexity index is 545. The Morgan fingerprint density at radius 1 is 1.19 bits per heavy atom. The molecule has 1 atom stereocenters. The van der Waals surface area contributed by atoms with Crippen LogP contribution in [0.5, 0.6) is 0 Å². The Morgan fingerprint density at radius 3 is 2.52 bits per heavy atom. The van der Waals surface area contributed by atoms with Gasteiger partial charge in [-0.3, -0.25) is 0 Å². The van der Waals surface area contributed by atoms with Crippen LogP contribution in [0, 0.1) is 0 Å². The molecule has 2 aromatic rings. The Hall–Kier alpha value is -1.81. The van der Waals surface area contributed by atoms with Crippen molar-refractivity contribution < 1.29 is 4.74 Å². The van der Waals surface area contributed by atoms with Crippen LogP contribution in [0.2, 0.25) is 0 Å². The molecule has 0 aliphatic heterocycles. The molecule has 0 spiro atoms. The highest BCUT2D eigenvalue weighted by atomic mass is 16.5. The number of hydrogen-bond donors (Lipinski definition) is 1. The van der Waals surface area contributed by atoms with E-state index in [0.29, 0.717) is 12.5 Å². The van der Waals surface area contributed by atoms with E-state index in [9.17, 15) is 0 Å². The van der Waals surface area contributed by atoms with Gasteiger partial charge in [0, 0.05) is 25.5 Å². The molecule has 1 aromatic carbocycles. The van der Waals surface area contributed by atoms with Gasteiger partial charge in [0.25, 0.3) is 0 Å². The summed E-state index contributed by atoms with van der Waals surface area (Å²) in [5.74, 6) is 1.45. The maximum absolute atomic E-state index is 5.15. The number of imidazole rings is 1. The molecular weight excluding hydrogens is 262 g/mol. The van der Waals surface area contributed by atoms with Crippen LogP contribution in [0.15, 0.2) is 36.7 Å². The minimum Gasteiger partial charge on any atom is -0.383 e. The van der Waals surface area contributed by atoms with Crippen molar-refractivity contribution in [1.29, 1.82) is 0 Å². The molecular formula is C17H25N3O. The number of methoxy groups -OCH3 is 1. The first-order valence-corrected chi connectivity index (χ1v) is 7.45. The predicted molar refractivity (Wildman–Crippen MR) is 86.8 cm³/mol. The zero-order chi connectivity index (χ0) is 15.2. The molecule has 0 aliphatic carbocycles. The fourth-order valence-electron chi connectivity index (χ4n) is 2.29. The van der Waals surface area contributed by atoms with Crippen LogP contribution in [0.1, 0.15) is 37.8 Å². The first-order valence-electron chi connectivity index (χ1n) is 7.45. The molecule has 0 saturated carbocycles. The van der Waals surface area contributed by atoms with E-state index >= 15 is 0 Å². The standard InChI is InChI=1S/C17H25N3O/c1-13(2)16-7-5-15(6-8-16)11-20-10-9-18-17(20)19-14(3)12-21-4/h5-10,13-14H,11-12H2,1-4H3,(H,18,19). The zero-order valence-electron chi connectivity index (χ0n) is 13.3. The average molecular weight is 287 g/mol. The van der Waals surface area contributed by atoms with Gasteiger partial charge in [0.15, 0.2) is 0 Å². The maximum atomic E-state index is 5.15. The van der Waals surface area contributed by atoms with Gasteiger partial charge < -0.3 is 14.6 Å². The highest BCUT2D eigenvalue weighted by Gasteiger charge is 2.07. The van der Waals surface area contributed by atoms with Gasteiger partial charge in [-0.05, 0) is 24.0 Å². The zero-order valence-corrected chi connectivity index (χ0v) is 13.3. The van der Waals surface area contributed by atoms with Gasteiger partial charge in [0.05, 0.1) is 13.2 Å². The monoisotopic (exact) mass is 287 g/mol. The van der Waals surface area contributed by atoms with Gasteiger partial charge in [-0.25, -0.2) is 4.98 Å². The van der Waals surface area contributed by atoms with E-state index in [1.165, 1.54) is 11.1 Å². The normalized spacial score (nSPS) is 12.6. The van der Waals surface area contributed by atoms with Crippen molar-refractivity contribution in [2.24, 2.45) is 0 Å². The second-order valence-electron chi connectivity index (χ2n) is 5.78. The van der Waals surface area contributed by atoms with E-state index in [1.54, 1.807) is 7.11 Å². The second-order valence-corrected chi connectivity index (χ2v) is 5.78. The molecule has 0 radical (unpaired) electrons. The van der Waals surface area contributed by atoms with Crippen LogP contribution in [0.3, 0.4) is 0 Å². The van der Waals surface area contributed by atoms with Crippen molar-refractivity contribution in [2.75, 3.05) is 19.0 Å². The highest BCUT2D eigenvalue weighted by molar-refractivity contribution is 5.30. The number of nitrogens with zero attached hydrogens (tertiary/aromatic N) is 2. The summed E-state index contributed by atoms with van der Waals surface area (Å²) >= 11 is 0. The minimum absolute atomic E-state index is 0.236. The molecule has 0 bridgehead atoms. The lowest BCUT2D eigenvalue weighted by Crippen LogP contribution is -2.23. The first-order chi connectivity index (χ1) is 10.1. The summed E-state index contributed by atoms with van der Waals surface area (Å²) in [5, 5.41) is 3.37. The molecule has 4 heteroatoms. The summed E-state index contributed by atoms with van der Waals surface area (Å²) in [7, 11) is 1.71. The smallest absolute Gasteiger partial charge is 0.203 e. The van der Waals surface area contributed by atoms with E-state index in [0.717, 1.165) is 12.5 Å². The molecule has 0 fully saturated rings. The third-order valence-corrected chi connectivity index (χ3v) is 3.51. The van der Waals surface area contributed by atoms with Crippen LogP contribution in [0.25, 0.3) is 0 Å². The van der Waals surface area contributed by atoms with E-state index < -0.39 is 0 Å². The van der Waals surface area contributed by atoms with Gasteiger partial charge in [0.2, 0.25) is 5.95 Å². The summed E-state index contributed by atoms with van der Waals surface area (Å²) in [6, 6.07) is 9.03. The van der Waals surface area contributed by atoms with Gasteiger partial charge in [0.1, 0.15) is 0 Å². The van der Waals surface area contributed by atoms with Crippen LogP contribution < -0.4 is 5.32 Å². The van der Waals surface area contributed by atoms with E-state index in [4.69, 9.17) is 4.74 Å². The molecule has 0 saturated heterocycles. The molecule has 0 amide bonds. The first kappa shape index (κ1) is 15.6. The summed E-state index contributed by atoms with van der Waals surface area (Å²) in [5.41, 5.74) is 2.65. The molecule has 114 valence electrons. The van der Waals surface area contributed by atoms with Crippen molar-refractivity contribution >= 4 is 5.95 Å². The van der Waals surface area contributed by atoms with Crippen LogP contribution in [-0.2, 0) is 11.3 Å². The van der Waals surface area contributed by atoms with E-state index in [-0.39, 0.29) is 6.04 Å². The van der Waals surface area contributed by atoms with E-state index in [2.05, 4.69) is 59.9 Å². The number of ether oxygens (including phenoxy) is 1. The van der Waals surface area contributed by atoms with Crippen molar-refractivity contribution in [2.45, 2.75) is 39.3 Å². The number of nitrogens with one attached hydrogen (secondary N) is 1. The molecule has 21 heavy (non-hydrogen) atoms. The molecule has 4 nitrogen and oxygen atoms in total. The molecule has 1 heterocycles. The largest absolute Gasteiger partial charge is 0.383 e. The fraction of sp³-hybridized carbons (Fsp3) is 0.471. The fourth-order valence-corrected chi connectivity index (χ4v) is 2.29. The highest BCUT2D eigenvalue weighted by Crippen LogP contribution is 2.16. The number of anilines is 1. The van der Waals surface area contributed by atoms with Crippen molar-refractivity contribution in [3.63, 3.8) is 0 Å². The van der Waals surface area contributed by atoms with Crippen LogP contribution in [0.4, 0.5) is 5.95 Å². The van der Waals surface area contributed by atoms with Gasteiger partial charge >= 0.3 is 0 Å². The van der Waals surface area contributed by atoms with Crippen molar-refractivity contribution in [1.82, 2.24) is 9.55 Å². The number of rotatable bonds is 7. The third kappa shape index (κ3) is 4.33. The quantitative estimate of drug-likeness (QED) is 0.847. The van der Waals surface area contributed by atoms with Gasteiger partial charge in [-0.2, -0.15) is 0 Å². The molecule has 1 N–H and O–H groups in total. The number of benzene rings is 1. The summed E-state index contributed by atoms with van der Waals surface area (Å²) in [6.07, 6.45) is 3.82. The predicted octanol–water partition coefficient (Wildman–Crippen LogP) is 3.50. The third-order valence-electron chi connectivity index (χ3n) is 3.51. The Labute approximate surface area is 127 Å². The summed E-state index contributed by atoms with van der Waals surface area (Å²) < 4.78 is 7.27. The SMILES string of the molecule is COCC(C)Nc1nccn1Cc1ccc(C(C)C)cc1. The lowest BCUT2D eigenvalue weighted by atomic mass is 10.0. The van der Waals surface area contributed by atoms with Crippen molar-refractivity contribution in [3.8, 4) is 0 Å². The van der Waals surface area contributed by atoms with Crippen molar-refractivity contribution in [3.05, 3.63) is 47.8 Å². The molecule has 1 aromatic heterocycles. The number of hydrogen-bond acceptors (Lipinski definition) is 3. The summed E-state index contributed by atoms with van der Waals surface area (Å²) in [4.78, 5) is 4.38.